The van der Waals surface area contributed by atoms with Gasteiger partial charge in [0.1, 0.15) is 12.4 Å². The first-order chi connectivity index (χ1) is 16.2. The fourth-order valence-electron chi connectivity index (χ4n) is 4.04. The highest BCUT2D eigenvalue weighted by Gasteiger charge is 2.12. The summed E-state index contributed by atoms with van der Waals surface area (Å²) >= 11 is 0. The van der Waals surface area contributed by atoms with Crippen LogP contribution < -0.4 is 10.1 Å². The fourth-order valence-corrected chi connectivity index (χ4v) is 4.04. The van der Waals surface area contributed by atoms with Crippen molar-refractivity contribution >= 4 is 10.9 Å². The minimum atomic E-state index is 0.0726. The Morgan fingerprint density at radius 3 is 2.39 bits per heavy atom. The quantitative estimate of drug-likeness (QED) is 0.333. The number of aromatic amines is 1. The summed E-state index contributed by atoms with van der Waals surface area (Å²) in [5, 5.41) is 11.8. The van der Waals surface area contributed by atoms with Crippen molar-refractivity contribution in [2.75, 3.05) is 13.7 Å². The molecule has 5 nitrogen and oxygen atoms in total. The number of rotatable bonds is 7. The van der Waals surface area contributed by atoms with Crippen molar-refractivity contribution in [3.8, 4) is 28.0 Å². The first-order valence-corrected chi connectivity index (χ1v) is 11.1. The lowest BCUT2D eigenvalue weighted by atomic mass is 10.0. The summed E-state index contributed by atoms with van der Waals surface area (Å²) in [7, 11) is 1.95. The number of aryl methyl sites for hydroxylation is 1. The maximum Gasteiger partial charge on any atom is 0.138 e. The summed E-state index contributed by atoms with van der Waals surface area (Å²) in [6, 6.07) is 27.4. The van der Waals surface area contributed by atoms with Crippen molar-refractivity contribution in [3.63, 3.8) is 0 Å². The van der Waals surface area contributed by atoms with Gasteiger partial charge in [0, 0.05) is 22.8 Å². The summed E-state index contributed by atoms with van der Waals surface area (Å²) in [5.41, 5.74) is 7.73. The molecule has 5 aromatic rings. The molecule has 1 atom stereocenters. The maximum atomic E-state index is 6.14. The van der Waals surface area contributed by atoms with Crippen LogP contribution >= 0.6 is 0 Å². The van der Waals surface area contributed by atoms with Crippen LogP contribution in [0.15, 0.2) is 91.3 Å². The Kier molecular flexibility index (Phi) is 5.87. The number of likely N-dealkylation sites (N-methyl/N-ethyl adjacent to an activating group) is 1. The molecule has 2 heterocycles. The highest BCUT2D eigenvalue weighted by molar-refractivity contribution is 5.86. The molecule has 2 aromatic heterocycles. The van der Waals surface area contributed by atoms with Crippen LogP contribution in [0.5, 0.6) is 5.75 Å². The molecule has 0 aliphatic heterocycles. The maximum absolute atomic E-state index is 6.14. The van der Waals surface area contributed by atoms with Crippen molar-refractivity contribution < 1.29 is 4.74 Å². The summed E-state index contributed by atoms with van der Waals surface area (Å²) < 4.78 is 6.14. The Bertz CT molecular complexity index is 1360. The van der Waals surface area contributed by atoms with Gasteiger partial charge in [-0.05, 0) is 54.4 Å². The second-order valence-corrected chi connectivity index (χ2v) is 8.13. The predicted molar refractivity (Wildman–Crippen MR) is 133 cm³/mol. The van der Waals surface area contributed by atoms with Gasteiger partial charge in [0.25, 0.3) is 0 Å². The highest BCUT2D eigenvalue weighted by atomic mass is 16.5. The molecule has 33 heavy (non-hydrogen) atoms. The van der Waals surface area contributed by atoms with Gasteiger partial charge in [-0.2, -0.15) is 5.10 Å². The van der Waals surface area contributed by atoms with E-state index < -0.39 is 0 Å². The Hall–Kier alpha value is -3.96. The molecule has 0 radical (unpaired) electrons. The lowest BCUT2D eigenvalue weighted by molar-refractivity contribution is 0.272. The molecule has 0 fully saturated rings. The van der Waals surface area contributed by atoms with Crippen LogP contribution in [-0.2, 0) is 0 Å². The second kappa shape index (κ2) is 9.27. The van der Waals surface area contributed by atoms with E-state index in [0.717, 1.165) is 33.5 Å². The minimum absolute atomic E-state index is 0.0726. The first kappa shape index (κ1) is 20.9. The molecule has 5 rings (SSSR count). The van der Waals surface area contributed by atoms with Crippen molar-refractivity contribution in [3.05, 3.63) is 103 Å². The third-order valence-corrected chi connectivity index (χ3v) is 5.98. The van der Waals surface area contributed by atoms with E-state index in [9.17, 15) is 0 Å². The fraction of sp³-hybridized carbons (Fsp3) is 0.143. The van der Waals surface area contributed by atoms with Crippen molar-refractivity contribution in [1.82, 2.24) is 20.5 Å². The van der Waals surface area contributed by atoms with E-state index in [4.69, 9.17) is 4.74 Å². The zero-order valence-corrected chi connectivity index (χ0v) is 18.7. The molecule has 2 N–H and O–H groups in total. The number of nitrogens with zero attached hydrogens (tertiary/aromatic N) is 2. The molecule has 164 valence electrons. The van der Waals surface area contributed by atoms with Crippen molar-refractivity contribution in [2.24, 2.45) is 0 Å². The van der Waals surface area contributed by atoms with Gasteiger partial charge in [-0.25, -0.2) is 0 Å². The molecule has 0 bridgehead atoms. The van der Waals surface area contributed by atoms with Crippen LogP contribution in [-0.4, -0.2) is 28.8 Å². The number of H-pyrrole nitrogens is 1. The number of hydrogen-bond acceptors (Lipinski definition) is 4. The van der Waals surface area contributed by atoms with E-state index in [1.807, 2.05) is 38.4 Å². The molecule has 3 aromatic carbocycles. The van der Waals surface area contributed by atoms with E-state index in [0.29, 0.717) is 6.61 Å². The molecule has 0 aliphatic carbocycles. The van der Waals surface area contributed by atoms with Crippen LogP contribution in [0.25, 0.3) is 33.2 Å². The molecule has 5 heteroatoms. The zero-order chi connectivity index (χ0) is 22.6. The summed E-state index contributed by atoms with van der Waals surface area (Å²) in [5.74, 6) is 0.748. The average Bonchev–Trinajstić information content (AvgIpc) is 3.25. The Morgan fingerprint density at radius 1 is 0.848 bits per heavy atom. The van der Waals surface area contributed by atoms with Gasteiger partial charge >= 0.3 is 0 Å². The molecule has 0 saturated carbocycles. The molecular formula is C28H26N4O. The van der Waals surface area contributed by atoms with Crippen LogP contribution in [0, 0.1) is 6.92 Å². The van der Waals surface area contributed by atoms with Gasteiger partial charge < -0.3 is 10.1 Å². The summed E-state index contributed by atoms with van der Waals surface area (Å²) in [4.78, 5) is 4.40. The zero-order valence-electron chi connectivity index (χ0n) is 18.7. The number of pyridine rings is 1. The minimum Gasteiger partial charge on any atom is -0.490 e. The van der Waals surface area contributed by atoms with Gasteiger partial charge in [0.15, 0.2) is 0 Å². The number of aromatic nitrogens is 3. The third kappa shape index (κ3) is 4.49. The SMILES string of the molecule is CN[C@H](COc1cncc(-c2ccc3n[nH]c(C)c3c2)c1)c1ccc(-c2ccccc2)cc1. The molecule has 0 unspecified atom stereocenters. The standard InChI is InChI=1S/C28H26N4O/c1-19-26-15-23(12-13-27(26)32-31-19)24-14-25(17-30-16-24)33-18-28(29-2)22-10-8-21(9-11-22)20-6-4-3-5-7-20/h3-17,28-29H,18H2,1-2H3,(H,31,32)/t28-/m1/s1. The van der Waals surface area contributed by atoms with Gasteiger partial charge in [0.05, 0.1) is 17.8 Å². The van der Waals surface area contributed by atoms with Crippen LogP contribution in [0.3, 0.4) is 0 Å². The topological polar surface area (TPSA) is 62.8 Å². The van der Waals surface area contributed by atoms with Crippen molar-refractivity contribution in [2.45, 2.75) is 13.0 Å². The molecular weight excluding hydrogens is 408 g/mol. The van der Waals surface area contributed by atoms with Gasteiger partial charge in [-0.1, -0.05) is 60.7 Å². The number of benzene rings is 3. The van der Waals surface area contributed by atoms with Gasteiger partial charge in [-0.15, -0.1) is 0 Å². The predicted octanol–water partition coefficient (Wildman–Crippen LogP) is 5.94. The van der Waals surface area contributed by atoms with E-state index >= 15 is 0 Å². The van der Waals surface area contributed by atoms with E-state index in [1.54, 1.807) is 6.20 Å². The number of fused-ring (bicyclic) bond motifs is 1. The second-order valence-electron chi connectivity index (χ2n) is 8.13. The Morgan fingerprint density at radius 2 is 1.61 bits per heavy atom. The lowest BCUT2D eigenvalue weighted by Crippen LogP contribution is -2.23. The third-order valence-electron chi connectivity index (χ3n) is 5.98. The summed E-state index contributed by atoms with van der Waals surface area (Å²) in [6.07, 6.45) is 3.62. The number of nitrogens with one attached hydrogen (secondary N) is 2. The summed E-state index contributed by atoms with van der Waals surface area (Å²) in [6.45, 7) is 2.54. The van der Waals surface area contributed by atoms with E-state index in [2.05, 4.69) is 81.2 Å². The molecule has 0 spiro atoms. The number of hydrogen-bond donors (Lipinski definition) is 2. The highest BCUT2D eigenvalue weighted by Crippen LogP contribution is 2.28. The molecule has 0 amide bonds. The largest absolute Gasteiger partial charge is 0.490 e. The number of ether oxygens (including phenoxy) is 1. The van der Waals surface area contributed by atoms with Crippen LogP contribution in [0.1, 0.15) is 17.3 Å². The average molecular weight is 435 g/mol. The van der Waals surface area contributed by atoms with E-state index in [-0.39, 0.29) is 6.04 Å². The smallest absolute Gasteiger partial charge is 0.138 e. The van der Waals surface area contributed by atoms with Crippen LogP contribution in [0.2, 0.25) is 0 Å². The Labute approximate surface area is 193 Å². The Balaban J connectivity index is 1.30. The van der Waals surface area contributed by atoms with E-state index in [1.165, 1.54) is 16.7 Å². The van der Waals surface area contributed by atoms with Crippen molar-refractivity contribution in [1.29, 1.82) is 0 Å². The normalized spacial score (nSPS) is 12.1. The van der Waals surface area contributed by atoms with Crippen LogP contribution in [0.4, 0.5) is 0 Å². The first-order valence-electron chi connectivity index (χ1n) is 11.1. The van der Waals surface area contributed by atoms with Gasteiger partial charge in [-0.3, -0.25) is 10.1 Å². The lowest BCUT2D eigenvalue weighted by Gasteiger charge is -2.18. The molecule has 0 aliphatic rings. The van der Waals surface area contributed by atoms with Gasteiger partial charge in [0.2, 0.25) is 0 Å². The molecule has 0 saturated heterocycles. The monoisotopic (exact) mass is 434 g/mol.